The summed E-state index contributed by atoms with van der Waals surface area (Å²) in [6.45, 7) is 5.50. The fourth-order valence-electron chi connectivity index (χ4n) is 0. The predicted octanol–water partition coefficient (Wildman–Crippen LogP) is -4.76. The summed E-state index contributed by atoms with van der Waals surface area (Å²) in [6.07, 6.45) is 1.00. The van der Waals surface area contributed by atoms with Crippen LogP contribution in [0.1, 0.15) is 13.3 Å². The van der Waals surface area contributed by atoms with Gasteiger partial charge in [0.05, 0.1) is 0 Å². The standard InChI is InChI=1S/C3H7.FH.K/c1-3-2;;/h1,3H2,2H3;1H;/q-1;;+1/p-1. The van der Waals surface area contributed by atoms with E-state index in [4.69, 9.17) is 0 Å². The molecule has 28 valence electrons. The summed E-state index contributed by atoms with van der Waals surface area (Å²) in [4.78, 5) is 0. The van der Waals surface area contributed by atoms with Gasteiger partial charge in [-0.25, -0.2) is 0 Å². The summed E-state index contributed by atoms with van der Waals surface area (Å²) in [5.41, 5.74) is 0. The van der Waals surface area contributed by atoms with Crippen molar-refractivity contribution in [3.63, 3.8) is 0 Å². The summed E-state index contributed by atoms with van der Waals surface area (Å²) in [5, 5.41) is 0. The van der Waals surface area contributed by atoms with Crippen LogP contribution in [0.3, 0.4) is 0 Å². The monoisotopic (exact) mass is 101 g/mol. The van der Waals surface area contributed by atoms with Crippen molar-refractivity contribution in [2.24, 2.45) is 0 Å². The van der Waals surface area contributed by atoms with Crippen LogP contribution in [0.2, 0.25) is 0 Å². The molecule has 0 rings (SSSR count). The van der Waals surface area contributed by atoms with Gasteiger partial charge in [-0.15, -0.1) is 0 Å². The summed E-state index contributed by atoms with van der Waals surface area (Å²) in [6, 6.07) is 0. The normalized spacial score (nSPS) is 3.60. The zero-order chi connectivity index (χ0) is 2.71. The van der Waals surface area contributed by atoms with Gasteiger partial charge in [0.15, 0.2) is 0 Å². The Morgan fingerprint density at radius 1 is 1.60 bits per heavy atom. The minimum Gasteiger partial charge on any atom is -1.00 e. The van der Waals surface area contributed by atoms with E-state index in [0.29, 0.717) is 0 Å². The molecule has 0 saturated heterocycles. The molecule has 0 bridgehead atoms. The van der Waals surface area contributed by atoms with Crippen molar-refractivity contribution in [1.29, 1.82) is 0 Å². The third kappa shape index (κ3) is 28.9. The molecule has 0 aliphatic rings. The van der Waals surface area contributed by atoms with E-state index in [0.717, 1.165) is 6.42 Å². The minimum absolute atomic E-state index is 0. The van der Waals surface area contributed by atoms with Crippen LogP contribution in [0, 0.1) is 6.92 Å². The number of hydrogen-bond acceptors (Lipinski definition) is 0. The average Bonchev–Trinajstić information content (AvgIpc) is 0.918. The van der Waals surface area contributed by atoms with Crippen LogP contribution in [0.15, 0.2) is 0 Å². The quantitative estimate of drug-likeness (QED) is 0.212. The van der Waals surface area contributed by atoms with Gasteiger partial charge in [-0.1, -0.05) is 6.92 Å². The topological polar surface area (TPSA) is 0 Å². The molecule has 0 aromatic heterocycles. The van der Waals surface area contributed by atoms with Gasteiger partial charge in [0.2, 0.25) is 0 Å². The number of hydrogen-bond donors (Lipinski definition) is 0. The molecule has 0 aromatic carbocycles. The Balaban J connectivity index is -0.0000000200. The van der Waals surface area contributed by atoms with Gasteiger partial charge in [0.1, 0.15) is 0 Å². The molecule has 0 fully saturated rings. The first-order valence-electron chi connectivity index (χ1n) is 1.21. The van der Waals surface area contributed by atoms with Crippen LogP contribution in [-0.4, -0.2) is 0 Å². The molecule has 0 aliphatic heterocycles. The zero-order valence-corrected chi connectivity index (χ0v) is 6.92. The fourth-order valence-corrected chi connectivity index (χ4v) is 0. The van der Waals surface area contributed by atoms with E-state index in [-0.39, 0.29) is 56.1 Å². The van der Waals surface area contributed by atoms with Gasteiger partial charge < -0.3 is 11.6 Å². The first-order chi connectivity index (χ1) is 1.41. The average molecular weight is 101 g/mol. The molecule has 2 heteroatoms. The molecule has 0 N–H and O–H groups in total. The third-order valence-corrected chi connectivity index (χ3v) is 0. The largest absolute Gasteiger partial charge is 1.00 e. The van der Waals surface area contributed by atoms with E-state index in [1.165, 1.54) is 0 Å². The van der Waals surface area contributed by atoms with Gasteiger partial charge in [0, 0.05) is 0 Å². The fraction of sp³-hybridized carbons (Fsp3) is 0.667. The molecule has 0 spiro atoms. The van der Waals surface area contributed by atoms with E-state index >= 15 is 0 Å². The Kier molecular flexibility index (Phi) is 56.4. The number of halogens is 1. The molecule has 0 heterocycles. The Bertz CT molecular complexity index is 6.85. The molecule has 0 atom stereocenters. The smallest absolute Gasteiger partial charge is 1.00 e. The van der Waals surface area contributed by atoms with Crippen molar-refractivity contribution < 1.29 is 56.1 Å². The first kappa shape index (κ1) is 16.0. The molecule has 0 amide bonds. The van der Waals surface area contributed by atoms with Crippen molar-refractivity contribution in [1.82, 2.24) is 0 Å². The summed E-state index contributed by atoms with van der Waals surface area (Å²) >= 11 is 0. The van der Waals surface area contributed by atoms with Gasteiger partial charge in [-0.3, -0.25) is 0 Å². The van der Waals surface area contributed by atoms with Crippen molar-refractivity contribution in [3.8, 4) is 0 Å². The van der Waals surface area contributed by atoms with Crippen molar-refractivity contribution in [2.75, 3.05) is 0 Å². The van der Waals surface area contributed by atoms with Crippen LogP contribution >= 0.6 is 0 Å². The van der Waals surface area contributed by atoms with Gasteiger partial charge in [-0.2, -0.15) is 6.42 Å². The van der Waals surface area contributed by atoms with Crippen molar-refractivity contribution in [2.45, 2.75) is 13.3 Å². The van der Waals surface area contributed by atoms with Gasteiger partial charge in [0.25, 0.3) is 0 Å². The van der Waals surface area contributed by atoms with Crippen LogP contribution < -0.4 is 56.1 Å². The molecule has 5 heavy (non-hydrogen) atoms. The summed E-state index contributed by atoms with van der Waals surface area (Å²) < 4.78 is 0. The second kappa shape index (κ2) is 17.6. The van der Waals surface area contributed by atoms with Crippen LogP contribution in [0.25, 0.3) is 0 Å². The van der Waals surface area contributed by atoms with E-state index in [2.05, 4.69) is 6.92 Å². The SMILES string of the molecule is [CH2-]CC.[F-].[K+]. The molecule has 0 aliphatic carbocycles. The van der Waals surface area contributed by atoms with Crippen molar-refractivity contribution in [3.05, 3.63) is 6.92 Å². The second-order valence-corrected chi connectivity index (χ2v) is 0.500. The summed E-state index contributed by atoms with van der Waals surface area (Å²) in [5.74, 6) is 0. The molecular formula is C3H7FK-. The maximum atomic E-state index is 3.49. The molecular weight excluding hydrogens is 94.1 g/mol. The Labute approximate surface area is 75.1 Å². The Morgan fingerprint density at radius 2 is 1.60 bits per heavy atom. The van der Waals surface area contributed by atoms with Gasteiger partial charge in [-0.05, 0) is 0 Å². The molecule has 0 radical (unpaired) electrons. The Morgan fingerprint density at radius 3 is 1.60 bits per heavy atom. The second-order valence-electron chi connectivity index (χ2n) is 0.500. The van der Waals surface area contributed by atoms with E-state index < -0.39 is 0 Å². The maximum Gasteiger partial charge on any atom is 1.00 e. The van der Waals surface area contributed by atoms with E-state index in [1.54, 1.807) is 0 Å². The van der Waals surface area contributed by atoms with Crippen LogP contribution in [0.5, 0.6) is 0 Å². The maximum absolute atomic E-state index is 3.49. The predicted molar refractivity (Wildman–Crippen MR) is 15.6 cm³/mol. The minimum atomic E-state index is 0. The molecule has 0 nitrogen and oxygen atoms in total. The third-order valence-electron chi connectivity index (χ3n) is 0. The first-order valence-corrected chi connectivity index (χ1v) is 1.21. The molecule has 0 aromatic rings. The van der Waals surface area contributed by atoms with Gasteiger partial charge >= 0.3 is 51.4 Å². The van der Waals surface area contributed by atoms with E-state index in [1.807, 2.05) is 6.92 Å². The van der Waals surface area contributed by atoms with Crippen LogP contribution in [-0.2, 0) is 0 Å². The molecule has 0 unspecified atom stereocenters. The molecule has 0 saturated carbocycles. The Hall–Kier alpha value is 1.57. The van der Waals surface area contributed by atoms with Crippen molar-refractivity contribution >= 4 is 0 Å². The summed E-state index contributed by atoms with van der Waals surface area (Å²) in [7, 11) is 0. The van der Waals surface area contributed by atoms with Crippen LogP contribution in [0.4, 0.5) is 0 Å². The zero-order valence-electron chi connectivity index (χ0n) is 3.79. The number of rotatable bonds is 0. The van der Waals surface area contributed by atoms with E-state index in [9.17, 15) is 0 Å².